The maximum absolute atomic E-state index is 13.2. The van der Waals surface area contributed by atoms with Crippen molar-refractivity contribution >= 4 is 21.6 Å². The molecule has 8 nitrogen and oxygen atoms in total. The largest absolute Gasteiger partial charge is 0.481 e. The fourth-order valence-electron chi connectivity index (χ4n) is 4.55. The summed E-state index contributed by atoms with van der Waals surface area (Å²) < 4.78 is 31.1. The number of pyridine rings is 2. The summed E-state index contributed by atoms with van der Waals surface area (Å²) in [6.07, 6.45) is 4.99. The zero-order valence-corrected chi connectivity index (χ0v) is 19.1. The molecule has 2 aliphatic rings. The van der Waals surface area contributed by atoms with Crippen molar-refractivity contribution in [1.29, 1.82) is 0 Å². The first-order valence-corrected chi connectivity index (χ1v) is 12.1. The molecule has 4 heterocycles. The summed E-state index contributed by atoms with van der Waals surface area (Å²) in [6, 6.07) is 5.46. The zero-order chi connectivity index (χ0) is 22.4. The Morgan fingerprint density at radius 3 is 2.55 bits per heavy atom. The van der Waals surface area contributed by atoms with Crippen LogP contribution in [-0.4, -0.2) is 54.6 Å². The van der Waals surface area contributed by atoms with Crippen molar-refractivity contribution in [2.24, 2.45) is 0 Å². The first kappa shape index (κ1) is 21.7. The molecular weight excluding hydrogens is 416 g/mol. The Labute approximate surface area is 183 Å². The number of rotatable bonds is 5. The highest BCUT2D eigenvalue weighted by molar-refractivity contribution is 7.89. The minimum absolute atomic E-state index is 0.113. The highest BCUT2D eigenvalue weighted by atomic mass is 32.2. The number of methoxy groups -OCH3 is 1. The molecule has 2 aliphatic heterocycles. The van der Waals surface area contributed by atoms with Crippen molar-refractivity contribution in [3.63, 3.8) is 0 Å². The Morgan fingerprint density at radius 2 is 1.90 bits per heavy atom. The number of carbonyl (C=O) groups excluding carboxylic acids is 1. The molecule has 0 aliphatic carbocycles. The van der Waals surface area contributed by atoms with Crippen LogP contribution in [-0.2, 0) is 15.6 Å². The van der Waals surface area contributed by atoms with E-state index in [4.69, 9.17) is 4.74 Å². The van der Waals surface area contributed by atoms with E-state index in [0.29, 0.717) is 35.9 Å². The normalized spacial score (nSPS) is 19.5. The van der Waals surface area contributed by atoms with E-state index in [1.165, 1.54) is 0 Å². The fourth-order valence-corrected chi connectivity index (χ4v) is 5.69. The lowest BCUT2D eigenvalue weighted by Crippen LogP contribution is -2.40. The van der Waals surface area contributed by atoms with E-state index in [9.17, 15) is 13.2 Å². The molecule has 4 rings (SSSR count). The van der Waals surface area contributed by atoms with Crippen LogP contribution in [0.4, 0.5) is 5.69 Å². The van der Waals surface area contributed by atoms with E-state index in [0.717, 1.165) is 18.4 Å². The summed E-state index contributed by atoms with van der Waals surface area (Å²) in [5.74, 6) is 0.692. The lowest BCUT2D eigenvalue weighted by molar-refractivity contribution is 0.0982. The molecule has 1 fully saturated rings. The first-order valence-electron chi connectivity index (χ1n) is 10.5. The predicted molar refractivity (Wildman–Crippen MR) is 118 cm³/mol. The van der Waals surface area contributed by atoms with Gasteiger partial charge in [-0.25, -0.2) is 17.7 Å². The Kier molecular flexibility index (Phi) is 5.51. The van der Waals surface area contributed by atoms with E-state index in [2.05, 4.69) is 9.97 Å². The molecule has 0 saturated carbocycles. The third-order valence-corrected chi connectivity index (χ3v) is 8.22. The van der Waals surface area contributed by atoms with Crippen LogP contribution < -0.4 is 9.64 Å². The highest BCUT2D eigenvalue weighted by Gasteiger charge is 2.46. The maximum atomic E-state index is 13.2. The van der Waals surface area contributed by atoms with Gasteiger partial charge in [0.2, 0.25) is 15.9 Å². The number of hydrogen-bond acceptors (Lipinski definition) is 6. The standard InChI is InChI=1S/C22H28N4O4S/c1-5-31(28,29)25-10-8-15(9-11-25)16-12-17(14-23-13-16)26-21(27)18-6-7-19(30-4)24-20(18)22(26,2)3/h6-7,12-15H,5,8-11H2,1-4H3. The number of nitrogens with zero attached hydrogens (tertiary/aromatic N) is 4. The van der Waals surface area contributed by atoms with Gasteiger partial charge in [-0.15, -0.1) is 0 Å². The minimum atomic E-state index is -3.16. The summed E-state index contributed by atoms with van der Waals surface area (Å²) in [6.45, 7) is 6.61. The van der Waals surface area contributed by atoms with Crippen molar-refractivity contribution in [3.05, 3.63) is 47.4 Å². The van der Waals surface area contributed by atoms with E-state index in [1.54, 1.807) is 41.6 Å². The molecule has 0 aromatic carbocycles. The molecule has 1 saturated heterocycles. The Bertz CT molecular complexity index is 1110. The highest BCUT2D eigenvalue weighted by Crippen LogP contribution is 2.42. The van der Waals surface area contributed by atoms with E-state index >= 15 is 0 Å². The minimum Gasteiger partial charge on any atom is -0.481 e. The summed E-state index contributed by atoms with van der Waals surface area (Å²) in [5.41, 5.74) is 2.33. The lowest BCUT2D eigenvalue weighted by atomic mass is 9.91. The number of piperidine rings is 1. The van der Waals surface area contributed by atoms with Gasteiger partial charge in [0.05, 0.1) is 41.5 Å². The smallest absolute Gasteiger partial charge is 0.261 e. The van der Waals surface area contributed by atoms with Gasteiger partial charge >= 0.3 is 0 Å². The van der Waals surface area contributed by atoms with Gasteiger partial charge in [0.25, 0.3) is 5.91 Å². The molecular formula is C22H28N4O4S. The Balaban J connectivity index is 1.60. The average molecular weight is 445 g/mol. The van der Waals surface area contributed by atoms with Gasteiger partial charge in [-0.1, -0.05) is 0 Å². The number of sulfonamides is 1. The average Bonchev–Trinajstić information content (AvgIpc) is 2.98. The van der Waals surface area contributed by atoms with Crippen molar-refractivity contribution in [3.8, 4) is 5.88 Å². The summed E-state index contributed by atoms with van der Waals surface area (Å²) in [4.78, 5) is 23.9. The number of ether oxygens (including phenoxy) is 1. The van der Waals surface area contributed by atoms with Gasteiger partial charge in [0.15, 0.2) is 0 Å². The molecule has 0 spiro atoms. The van der Waals surface area contributed by atoms with Crippen LogP contribution in [0.25, 0.3) is 0 Å². The number of hydrogen-bond donors (Lipinski definition) is 0. The molecule has 0 unspecified atom stereocenters. The summed E-state index contributed by atoms with van der Waals surface area (Å²) in [5, 5.41) is 0. The number of fused-ring (bicyclic) bond motifs is 1. The maximum Gasteiger partial charge on any atom is 0.261 e. The van der Waals surface area contributed by atoms with Crippen molar-refractivity contribution < 1.29 is 17.9 Å². The molecule has 0 bridgehead atoms. The molecule has 2 aromatic rings. The fraction of sp³-hybridized carbons (Fsp3) is 0.500. The second-order valence-electron chi connectivity index (χ2n) is 8.50. The number of anilines is 1. The molecule has 0 atom stereocenters. The third-order valence-electron chi connectivity index (χ3n) is 6.34. The van der Waals surface area contributed by atoms with Crippen LogP contribution in [0, 0.1) is 0 Å². The van der Waals surface area contributed by atoms with E-state index < -0.39 is 15.6 Å². The number of aromatic nitrogens is 2. The van der Waals surface area contributed by atoms with Gasteiger partial charge in [-0.3, -0.25) is 14.7 Å². The quantitative estimate of drug-likeness (QED) is 0.704. The van der Waals surface area contributed by atoms with Crippen LogP contribution in [0.2, 0.25) is 0 Å². The zero-order valence-electron chi connectivity index (χ0n) is 18.3. The van der Waals surface area contributed by atoms with E-state index in [-0.39, 0.29) is 17.6 Å². The number of amides is 1. The summed E-state index contributed by atoms with van der Waals surface area (Å²) in [7, 11) is -1.60. The van der Waals surface area contributed by atoms with Gasteiger partial charge in [-0.2, -0.15) is 0 Å². The molecule has 0 radical (unpaired) electrons. The van der Waals surface area contributed by atoms with Gasteiger partial charge in [-0.05, 0) is 57.2 Å². The second kappa shape index (κ2) is 7.87. The molecule has 9 heteroatoms. The van der Waals surface area contributed by atoms with Crippen molar-refractivity contribution in [2.45, 2.75) is 45.1 Å². The Morgan fingerprint density at radius 1 is 1.19 bits per heavy atom. The molecule has 0 N–H and O–H groups in total. The van der Waals surface area contributed by atoms with Crippen LogP contribution in [0.1, 0.15) is 61.1 Å². The SMILES string of the molecule is CCS(=O)(=O)N1CCC(c2cncc(N3C(=O)c4ccc(OC)nc4C3(C)C)c2)CC1. The Hall–Kier alpha value is -2.52. The van der Waals surface area contributed by atoms with Crippen LogP contribution in [0.15, 0.2) is 30.6 Å². The monoisotopic (exact) mass is 444 g/mol. The predicted octanol–water partition coefficient (Wildman–Crippen LogP) is 2.91. The molecule has 166 valence electrons. The first-order chi connectivity index (χ1) is 14.7. The molecule has 1 amide bonds. The van der Waals surface area contributed by atoms with Gasteiger partial charge in [0.1, 0.15) is 0 Å². The van der Waals surface area contributed by atoms with Gasteiger partial charge in [0, 0.05) is 25.4 Å². The van der Waals surface area contributed by atoms with Crippen molar-refractivity contribution in [1.82, 2.24) is 14.3 Å². The van der Waals surface area contributed by atoms with Crippen LogP contribution in [0.3, 0.4) is 0 Å². The van der Waals surface area contributed by atoms with Crippen molar-refractivity contribution in [2.75, 3.05) is 30.9 Å². The molecule has 2 aromatic heterocycles. The lowest BCUT2D eigenvalue weighted by Gasteiger charge is -2.33. The summed E-state index contributed by atoms with van der Waals surface area (Å²) >= 11 is 0. The second-order valence-corrected chi connectivity index (χ2v) is 10.8. The van der Waals surface area contributed by atoms with Crippen LogP contribution in [0.5, 0.6) is 5.88 Å². The van der Waals surface area contributed by atoms with E-state index in [1.807, 2.05) is 26.1 Å². The third kappa shape index (κ3) is 3.70. The van der Waals surface area contributed by atoms with Gasteiger partial charge < -0.3 is 4.74 Å². The number of carbonyl (C=O) groups is 1. The topological polar surface area (TPSA) is 92.7 Å². The van der Waals surface area contributed by atoms with Crippen LogP contribution >= 0.6 is 0 Å². The molecule has 31 heavy (non-hydrogen) atoms.